The van der Waals surface area contributed by atoms with E-state index in [9.17, 15) is 18.7 Å². The van der Waals surface area contributed by atoms with Crippen molar-refractivity contribution in [3.05, 3.63) is 23.3 Å². The van der Waals surface area contributed by atoms with Crippen molar-refractivity contribution in [2.24, 2.45) is 0 Å². The first-order valence-electron chi connectivity index (χ1n) is 4.88. The zero-order valence-electron chi connectivity index (χ0n) is 8.32. The maximum atomic E-state index is 12.1. The third-order valence-corrected chi connectivity index (χ3v) is 2.53. The van der Waals surface area contributed by atoms with Gasteiger partial charge in [-0.25, -0.2) is 0 Å². The van der Waals surface area contributed by atoms with Crippen molar-refractivity contribution in [2.45, 2.75) is 25.4 Å². The first kappa shape index (κ1) is 10.9. The fourth-order valence-corrected chi connectivity index (χ4v) is 1.60. The summed E-state index contributed by atoms with van der Waals surface area (Å²) in [5.74, 6) is -0.284. The van der Waals surface area contributed by atoms with Crippen LogP contribution in [0.4, 0.5) is 8.78 Å². The summed E-state index contributed by atoms with van der Waals surface area (Å²) in [6.45, 7) is -3.01. The quantitative estimate of drug-likeness (QED) is 0.806. The molecule has 1 aromatic rings. The molecule has 0 unspecified atom stereocenters. The molecule has 0 radical (unpaired) electrons. The van der Waals surface area contributed by atoms with Crippen LogP contribution in [0.5, 0.6) is 11.5 Å². The molecule has 5 heteroatoms. The molecule has 0 aliphatic heterocycles. The number of aldehydes is 1. The van der Waals surface area contributed by atoms with E-state index < -0.39 is 6.61 Å². The van der Waals surface area contributed by atoms with Gasteiger partial charge in [-0.15, -0.1) is 0 Å². The van der Waals surface area contributed by atoms with Crippen LogP contribution < -0.4 is 4.74 Å². The summed E-state index contributed by atoms with van der Waals surface area (Å²) in [5.41, 5.74) is 0.503. The van der Waals surface area contributed by atoms with Gasteiger partial charge in [-0.1, -0.05) is 0 Å². The number of alkyl halides is 2. The van der Waals surface area contributed by atoms with Crippen LogP contribution in [0.3, 0.4) is 0 Å². The van der Waals surface area contributed by atoms with Gasteiger partial charge in [-0.3, -0.25) is 4.79 Å². The minimum absolute atomic E-state index is 0.232. The maximum Gasteiger partial charge on any atom is 0.387 e. The number of halogens is 2. The molecule has 0 spiro atoms. The van der Waals surface area contributed by atoms with E-state index in [2.05, 4.69) is 4.74 Å². The molecule has 3 nitrogen and oxygen atoms in total. The second-order valence-electron chi connectivity index (χ2n) is 3.72. The van der Waals surface area contributed by atoms with E-state index in [0.29, 0.717) is 6.29 Å². The molecule has 0 saturated heterocycles. The Hall–Kier alpha value is -1.65. The molecule has 16 heavy (non-hydrogen) atoms. The third-order valence-electron chi connectivity index (χ3n) is 2.53. The highest BCUT2D eigenvalue weighted by molar-refractivity contribution is 5.83. The molecular formula is C11H10F2O3. The van der Waals surface area contributed by atoms with E-state index in [4.69, 9.17) is 0 Å². The molecule has 1 fully saturated rings. The highest BCUT2D eigenvalue weighted by Gasteiger charge is 2.26. The van der Waals surface area contributed by atoms with Crippen LogP contribution in [0, 0.1) is 0 Å². The summed E-state index contributed by atoms with van der Waals surface area (Å²) in [6.07, 6.45) is 2.24. The van der Waals surface area contributed by atoms with E-state index in [1.165, 1.54) is 12.1 Å². The molecule has 0 amide bonds. The van der Waals surface area contributed by atoms with Gasteiger partial charge >= 0.3 is 6.61 Å². The number of aromatic hydroxyl groups is 1. The summed E-state index contributed by atoms with van der Waals surface area (Å²) in [6, 6.07) is 2.83. The van der Waals surface area contributed by atoms with Crippen molar-refractivity contribution >= 4 is 6.29 Å². The average molecular weight is 228 g/mol. The van der Waals surface area contributed by atoms with E-state index >= 15 is 0 Å². The maximum absolute atomic E-state index is 12.1. The number of rotatable bonds is 4. The zero-order chi connectivity index (χ0) is 11.7. The Bertz CT molecular complexity index is 414. The van der Waals surface area contributed by atoms with E-state index in [1.807, 2.05) is 0 Å². The van der Waals surface area contributed by atoms with Crippen LogP contribution in [-0.4, -0.2) is 18.0 Å². The normalized spacial score (nSPS) is 15.2. The molecule has 0 aromatic heterocycles. The fourth-order valence-electron chi connectivity index (χ4n) is 1.60. The van der Waals surface area contributed by atoms with Crippen molar-refractivity contribution in [3.8, 4) is 11.5 Å². The van der Waals surface area contributed by atoms with Gasteiger partial charge in [0.25, 0.3) is 0 Å². The van der Waals surface area contributed by atoms with Gasteiger partial charge in [0.2, 0.25) is 0 Å². The highest BCUT2D eigenvalue weighted by atomic mass is 19.3. The first-order valence-corrected chi connectivity index (χ1v) is 4.88. The minimum atomic E-state index is -3.01. The van der Waals surface area contributed by atoms with Crippen LogP contribution in [-0.2, 0) is 0 Å². The number of phenols is 1. The molecule has 1 N–H and O–H groups in total. The van der Waals surface area contributed by atoms with Crippen LogP contribution in [0.25, 0.3) is 0 Å². The Labute approximate surface area is 90.7 Å². The molecule has 1 aliphatic rings. The second-order valence-corrected chi connectivity index (χ2v) is 3.72. The highest BCUT2D eigenvalue weighted by Crippen LogP contribution is 2.43. The number of hydrogen-bond donors (Lipinski definition) is 1. The second kappa shape index (κ2) is 4.08. The van der Waals surface area contributed by atoms with Crippen LogP contribution in [0.2, 0.25) is 0 Å². The Morgan fingerprint density at radius 1 is 1.44 bits per heavy atom. The minimum Gasteiger partial charge on any atom is -0.507 e. The van der Waals surface area contributed by atoms with E-state index in [1.54, 1.807) is 0 Å². The van der Waals surface area contributed by atoms with Crippen molar-refractivity contribution in [1.82, 2.24) is 0 Å². The molecule has 2 rings (SSSR count). The van der Waals surface area contributed by atoms with Crippen molar-refractivity contribution in [1.29, 1.82) is 0 Å². The topological polar surface area (TPSA) is 46.5 Å². The largest absolute Gasteiger partial charge is 0.507 e. The van der Waals surface area contributed by atoms with E-state index in [0.717, 1.165) is 18.4 Å². The lowest BCUT2D eigenvalue weighted by molar-refractivity contribution is -0.0501. The Kier molecular flexibility index (Phi) is 2.77. The number of carbonyl (C=O) groups excluding carboxylic acids is 1. The number of carbonyl (C=O) groups is 1. The van der Waals surface area contributed by atoms with Gasteiger partial charge < -0.3 is 9.84 Å². The van der Waals surface area contributed by atoms with Crippen molar-refractivity contribution in [2.75, 3.05) is 0 Å². The molecule has 0 bridgehead atoms. The van der Waals surface area contributed by atoms with Gasteiger partial charge in [0, 0.05) is 0 Å². The predicted octanol–water partition coefficient (Wildman–Crippen LogP) is 2.68. The van der Waals surface area contributed by atoms with Gasteiger partial charge in [0.15, 0.2) is 6.29 Å². The lowest BCUT2D eigenvalue weighted by atomic mass is 10.1. The molecular weight excluding hydrogens is 218 g/mol. The van der Waals surface area contributed by atoms with Crippen LogP contribution in [0.1, 0.15) is 34.7 Å². The van der Waals surface area contributed by atoms with Gasteiger partial charge in [-0.2, -0.15) is 8.78 Å². The number of hydrogen-bond acceptors (Lipinski definition) is 3. The summed E-state index contributed by atoms with van der Waals surface area (Å²) in [7, 11) is 0. The molecule has 0 atom stereocenters. The Morgan fingerprint density at radius 3 is 2.62 bits per heavy atom. The van der Waals surface area contributed by atoms with E-state index in [-0.39, 0.29) is 23.0 Å². The molecule has 86 valence electrons. The van der Waals surface area contributed by atoms with Gasteiger partial charge in [-0.05, 0) is 36.5 Å². The number of phenolic OH excluding ortho intramolecular Hbond substituents is 1. The smallest absolute Gasteiger partial charge is 0.387 e. The van der Waals surface area contributed by atoms with Gasteiger partial charge in [0.1, 0.15) is 11.5 Å². The summed E-state index contributed by atoms with van der Waals surface area (Å²) >= 11 is 0. The Morgan fingerprint density at radius 2 is 2.12 bits per heavy atom. The third kappa shape index (κ3) is 2.13. The van der Waals surface area contributed by atoms with Crippen LogP contribution in [0.15, 0.2) is 12.1 Å². The van der Waals surface area contributed by atoms with Crippen molar-refractivity contribution < 1.29 is 23.4 Å². The summed E-state index contributed by atoms with van der Waals surface area (Å²) in [5, 5.41) is 9.51. The standard InChI is InChI=1S/C11H10F2O3/c12-11(13)16-10-4-7(6-1-2-6)3-9(15)8(10)5-14/h3-6,11,15H,1-2H2. The van der Waals surface area contributed by atoms with Crippen molar-refractivity contribution in [3.63, 3.8) is 0 Å². The summed E-state index contributed by atoms with van der Waals surface area (Å²) in [4.78, 5) is 10.6. The number of benzene rings is 1. The van der Waals surface area contributed by atoms with Gasteiger partial charge in [0.05, 0.1) is 5.56 Å². The molecule has 0 heterocycles. The molecule has 1 aliphatic carbocycles. The Balaban J connectivity index is 2.40. The SMILES string of the molecule is O=Cc1c(O)cc(C2CC2)cc1OC(F)F. The predicted molar refractivity (Wildman–Crippen MR) is 52.1 cm³/mol. The fraction of sp³-hybridized carbons (Fsp3) is 0.364. The molecule has 1 aromatic carbocycles. The lowest BCUT2D eigenvalue weighted by Gasteiger charge is -2.10. The first-order chi connectivity index (χ1) is 7.61. The molecule has 1 saturated carbocycles. The monoisotopic (exact) mass is 228 g/mol. The average Bonchev–Trinajstić information content (AvgIpc) is 2.99. The number of ether oxygens (including phenoxy) is 1. The summed E-state index contributed by atoms with van der Waals surface area (Å²) < 4.78 is 28.4. The lowest BCUT2D eigenvalue weighted by Crippen LogP contribution is -2.05. The zero-order valence-corrected chi connectivity index (χ0v) is 8.32. The van der Waals surface area contributed by atoms with Crippen LogP contribution >= 0.6 is 0 Å².